The SMILES string of the molecule is O=C(CCl)NNC(=O)C[C@H]1CCS(=O)(=O)C1. The first kappa shape index (κ1) is 13.2. The maximum absolute atomic E-state index is 11.3. The lowest BCUT2D eigenvalue weighted by atomic mass is 10.1. The largest absolute Gasteiger partial charge is 0.273 e. The van der Waals surface area contributed by atoms with Gasteiger partial charge in [0.15, 0.2) is 9.84 Å². The average molecular weight is 269 g/mol. The Kier molecular flexibility index (Phi) is 4.55. The smallest absolute Gasteiger partial charge is 0.253 e. The summed E-state index contributed by atoms with van der Waals surface area (Å²) >= 11 is 5.20. The van der Waals surface area contributed by atoms with Gasteiger partial charge in [-0.1, -0.05) is 0 Å². The van der Waals surface area contributed by atoms with Crippen molar-refractivity contribution in [2.75, 3.05) is 17.4 Å². The molecular formula is C8H13ClN2O4S. The number of carbonyl (C=O) groups is 2. The number of carbonyl (C=O) groups excluding carboxylic acids is 2. The van der Waals surface area contributed by atoms with Crippen LogP contribution in [0.5, 0.6) is 0 Å². The van der Waals surface area contributed by atoms with E-state index in [1.54, 1.807) is 0 Å². The van der Waals surface area contributed by atoms with Crippen LogP contribution < -0.4 is 10.9 Å². The first-order valence-electron chi connectivity index (χ1n) is 4.77. The van der Waals surface area contributed by atoms with Crippen LogP contribution in [0, 0.1) is 5.92 Å². The van der Waals surface area contributed by atoms with E-state index in [0.29, 0.717) is 6.42 Å². The third-order valence-corrected chi connectivity index (χ3v) is 4.34. The first-order valence-corrected chi connectivity index (χ1v) is 7.12. The molecule has 0 radical (unpaired) electrons. The quantitative estimate of drug-likeness (QED) is 0.518. The van der Waals surface area contributed by atoms with Gasteiger partial charge in [-0.3, -0.25) is 20.4 Å². The van der Waals surface area contributed by atoms with E-state index in [1.807, 2.05) is 0 Å². The summed E-state index contributed by atoms with van der Waals surface area (Å²) in [6, 6.07) is 0. The fraction of sp³-hybridized carbons (Fsp3) is 0.750. The van der Waals surface area contributed by atoms with Crippen LogP contribution in [0.2, 0.25) is 0 Å². The number of hydrazine groups is 1. The van der Waals surface area contributed by atoms with Crippen molar-refractivity contribution in [3.8, 4) is 0 Å². The molecule has 1 aliphatic rings. The molecule has 92 valence electrons. The standard InChI is InChI=1S/C8H13ClN2O4S/c9-4-8(13)11-10-7(12)3-6-1-2-16(14,15)5-6/h6H,1-5H2,(H,10,12)(H,11,13)/t6-/m1/s1. The molecular weight excluding hydrogens is 256 g/mol. The van der Waals surface area contributed by atoms with Gasteiger partial charge in [0.2, 0.25) is 5.91 Å². The van der Waals surface area contributed by atoms with Crippen LogP contribution >= 0.6 is 11.6 Å². The molecule has 0 aromatic heterocycles. The van der Waals surface area contributed by atoms with Gasteiger partial charge in [-0.2, -0.15) is 0 Å². The molecule has 2 amide bonds. The van der Waals surface area contributed by atoms with Crippen molar-refractivity contribution in [3.05, 3.63) is 0 Å². The number of rotatable bonds is 3. The van der Waals surface area contributed by atoms with Crippen LogP contribution in [-0.2, 0) is 19.4 Å². The number of sulfone groups is 1. The van der Waals surface area contributed by atoms with Crippen LogP contribution in [0.3, 0.4) is 0 Å². The van der Waals surface area contributed by atoms with E-state index in [1.165, 1.54) is 0 Å². The molecule has 1 saturated heterocycles. The van der Waals surface area contributed by atoms with Gasteiger partial charge >= 0.3 is 0 Å². The Morgan fingerprint density at radius 3 is 2.38 bits per heavy atom. The zero-order valence-electron chi connectivity index (χ0n) is 8.53. The molecule has 0 saturated carbocycles. The number of amides is 2. The van der Waals surface area contributed by atoms with E-state index < -0.39 is 21.7 Å². The molecule has 1 aliphatic heterocycles. The molecule has 1 rings (SSSR count). The highest BCUT2D eigenvalue weighted by molar-refractivity contribution is 7.91. The number of hydrogen-bond donors (Lipinski definition) is 2. The second-order valence-corrected chi connectivity index (χ2v) is 6.20. The molecule has 0 bridgehead atoms. The maximum atomic E-state index is 11.3. The molecule has 0 unspecified atom stereocenters. The minimum absolute atomic E-state index is 0.0455. The predicted molar refractivity (Wildman–Crippen MR) is 58.4 cm³/mol. The highest BCUT2D eigenvalue weighted by Gasteiger charge is 2.29. The Hall–Kier alpha value is -0.820. The van der Waals surface area contributed by atoms with Crippen LogP contribution in [0.4, 0.5) is 0 Å². The molecule has 0 aromatic rings. The van der Waals surface area contributed by atoms with Crippen molar-refractivity contribution < 1.29 is 18.0 Å². The first-order chi connectivity index (χ1) is 7.43. The lowest BCUT2D eigenvalue weighted by Crippen LogP contribution is -2.42. The molecule has 1 fully saturated rings. The van der Waals surface area contributed by atoms with Crippen molar-refractivity contribution in [1.82, 2.24) is 10.9 Å². The van der Waals surface area contributed by atoms with E-state index in [2.05, 4.69) is 10.9 Å². The van der Waals surface area contributed by atoms with Crippen LogP contribution in [0.1, 0.15) is 12.8 Å². The van der Waals surface area contributed by atoms with Crippen LogP contribution in [0.15, 0.2) is 0 Å². The van der Waals surface area contributed by atoms with Gasteiger partial charge in [-0.05, 0) is 12.3 Å². The Balaban J connectivity index is 2.28. The number of hydrogen-bond acceptors (Lipinski definition) is 4. The molecule has 1 atom stereocenters. The third kappa shape index (κ3) is 4.36. The van der Waals surface area contributed by atoms with Gasteiger partial charge in [0.1, 0.15) is 5.88 Å². The molecule has 2 N–H and O–H groups in total. The fourth-order valence-electron chi connectivity index (χ4n) is 1.52. The molecule has 0 spiro atoms. The Morgan fingerprint density at radius 1 is 1.25 bits per heavy atom. The fourth-order valence-corrected chi connectivity index (χ4v) is 3.45. The van der Waals surface area contributed by atoms with E-state index in [9.17, 15) is 18.0 Å². The van der Waals surface area contributed by atoms with Crippen LogP contribution in [0.25, 0.3) is 0 Å². The topological polar surface area (TPSA) is 92.3 Å². The van der Waals surface area contributed by atoms with E-state index in [-0.39, 0.29) is 29.7 Å². The molecule has 1 heterocycles. The highest BCUT2D eigenvalue weighted by Crippen LogP contribution is 2.21. The molecule has 0 aromatic carbocycles. The summed E-state index contributed by atoms with van der Waals surface area (Å²) in [7, 11) is -2.97. The summed E-state index contributed by atoms with van der Waals surface area (Å²) in [5.41, 5.74) is 4.28. The van der Waals surface area contributed by atoms with Gasteiger partial charge in [0.05, 0.1) is 11.5 Å². The Labute approximate surface area is 98.6 Å². The molecule has 16 heavy (non-hydrogen) atoms. The summed E-state index contributed by atoms with van der Waals surface area (Å²) in [5.74, 6) is -1.12. The summed E-state index contributed by atoms with van der Waals surface area (Å²) < 4.78 is 22.2. The summed E-state index contributed by atoms with van der Waals surface area (Å²) in [6.07, 6.45) is 0.598. The van der Waals surface area contributed by atoms with E-state index >= 15 is 0 Å². The van der Waals surface area contributed by atoms with E-state index in [0.717, 1.165) is 0 Å². The monoisotopic (exact) mass is 268 g/mol. The molecule has 8 heteroatoms. The Morgan fingerprint density at radius 2 is 1.88 bits per heavy atom. The maximum Gasteiger partial charge on any atom is 0.253 e. The predicted octanol–water partition coefficient (Wildman–Crippen LogP) is -0.803. The molecule has 6 nitrogen and oxygen atoms in total. The lowest BCUT2D eigenvalue weighted by molar-refractivity contribution is -0.128. The van der Waals surface area contributed by atoms with Crippen molar-refractivity contribution in [2.24, 2.45) is 5.92 Å². The van der Waals surface area contributed by atoms with Gasteiger partial charge in [-0.25, -0.2) is 8.42 Å². The number of alkyl halides is 1. The van der Waals surface area contributed by atoms with Gasteiger partial charge in [0, 0.05) is 6.42 Å². The van der Waals surface area contributed by atoms with Gasteiger partial charge < -0.3 is 0 Å². The normalized spacial score (nSPS) is 22.7. The third-order valence-electron chi connectivity index (χ3n) is 2.26. The molecule has 0 aliphatic carbocycles. The van der Waals surface area contributed by atoms with Crippen LogP contribution in [-0.4, -0.2) is 37.6 Å². The Bertz CT molecular complexity index is 381. The van der Waals surface area contributed by atoms with Crippen molar-refractivity contribution >= 4 is 33.3 Å². The zero-order valence-corrected chi connectivity index (χ0v) is 10.1. The minimum Gasteiger partial charge on any atom is -0.273 e. The van der Waals surface area contributed by atoms with Crippen molar-refractivity contribution in [3.63, 3.8) is 0 Å². The zero-order chi connectivity index (χ0) is 12.2. The number of nitrogens with one attached hydrogen (secondary N) is 2. The number of halogens is 1. The van der Waals surface area contributed by atoms with Crippen molar-refractivity contribution in [1.29, 1.82) is 0 Å². The minimum atomic E-state index is -2.97. The van der Waals surface area contributed by atoms with Gasteiger partial charge in [-0.15, -0.1) is 11.6 Å². The second-order valence-electron chi connectivity index (χ2n) is 3.70. The second kappa shape index (κ2) is 5.49. The lowest BCUT2D eigenvalue weighted by Gasteiger charge is -2.08. The summed E-state index contributed by atoms with van der Waals surface area (Å²) in [5, 5.41) is 0. The highest BCUT2D eigenvalue weighted by atomic mass is 35.5. The summed E-state index contributed by atoms with van der Waals surface area (Å²) in [6.45, 7) is 0. The average Bonchev–Trinajstić information content (AvgIpc) is 2.54. The van der Waals surface area contributed by atoms with Crippen molar-refractivity contribution in [2.45, 2.75) is 12.8 Å². The van der Waals surface area contributed by atoms with Gasteiger partial charge in [0.25, 0.3) is 5.91 Å². The van der Waals surface area contributed by atoms with E-state index in [4.69, 9.17) is 11.6 Å². The summed E-state index contributed by atoms with van der Waals surface area (Å²) in [4.78, 5) is 22.0.